The molecule has 1 saturated heterocycles. The minimum Gasteiger partial charge on any atom is -0.366 e. The molecule has 0 radical (unpaired) electrons. The quantitative estimate of drug-likeness (QED) is 0.831. The van der Waals surface area contributed by atoms with Crippen LogP contribution in [0.1, 0.15) is 36.9 Å². The maximum absolute atomic E-state index is 13.0. The van der Waals surface area contributed by atoms with Crippen molar-refractivity contribution in [3.63, 3.8) is 0 Å². The fourth-order valence-electron chi connectivity index (χ4n) is 3.41. The van der Waals surface area contributed by atoms with Crippen molar-refractivity contribution in [3.8, 4) is 0 Å². The Morgan fingerprint density at radius 1 is 1.22 bits per heavy atom. The Labute approximate surface area is 159 Å². The van der Waals surface area contributed by atoms with Gasteiger partial charge in [0.2, 0.25) is 5.91 Å². The van der Waals surface area contributed by atoms with Crippen molar-refractivity contribution < 1.29 is 9.53 Å². The lowest BCUT2D eigenvalue weighted by atomic mass is 10.0. The molecule has 1 aromatic carbocycles. The van der Waals surface area contributed by atoms with Gasteiger partial charge in [0.25, 0.3) is 0 Å². The number of carbonyl (C=O) groups is 1. The van der Waals surface area contributed by atoms with E-state index in [9.17, 15) is 9.59 Å². The molecular formula is C21H27N3O3. The Morgan fingerprint density at radius 3 is 2.56 bits per heavy atom. The molecule has 6 nitrogen and oxygen atoms in total. The third kappa shape index (κ3) is 4.45. The van der Waals surface area contributed by atoms with Crippen LogP contribution in [-0.2, 0) is 16.1 Å². The molecule has 1 fully saturated rings. The lowest BCUT2D eigenvalue weighted by molar-refractivity contribution is -0.150. The highest BCUT2D eigenvalue weighted by Gasteiger charge is 2.33. The number of aryl methyl sites for hydroxylation is 2. The molecular weight excluding hydrogens is 342 g/mol. The first kappa shape index (κ1) is 19.3. The van der Waals surface area contributed by atoms with E-state index >= 15 is 0 Å². The summed E-state index contributed by atoms with van der Waals surface area (Å²) in [5.74, 6) is 0.207. The fourth-order valence-corrected chi connectivity index (χ4v) is 3.41. The molecule has 144 valence electrons. The number of amides is 1. The molecule has 1 aliphatic rings. The van der Waals surface area contributed by atoms with E-state index in [-0.39, 0.29) is 36.3 Å². The fraction of sp³-hybridized carbons (Fsp3) is 0.476. The standard InChI is InChI=1S/C21H27N3O3/c1-14(2)18-11-23(12-19(27-18)17-8-6-5-7-9-17)20(25)13-24-16(4)10-15(3)22-21(24)26/h5-10,14,18-19H,11-13H2,1-4H3/t18-,19+/m1/s1. The van der Waals surface area contributed by atoms with Gasteiger partial charge >= 0.3 is 5.69 Å². The molecule has 1 amide bonds. The zero-order valence-corrected chi connectivity index (χ0v) is 16.4. The van der Waals surface area contributed by atoms with Crippen molar-refractivity contribution in [1.29, 1.82) is 0 Å². The Morgan fingerprint density at radius 2 is 1.93 bits per heavy atom. The summed E-state index contributed by atoms with van der Waals surface area (Å²) in [6, 6.07) is 11.8. The second kappa shape index (κ2) is 8.05. The van der Waals surface area contributed by atoms with E-state index in [4.69, 9.17) is 4.74 Å². The molecule has 3 rings (SSSR count). The molecule has 0 spiro atoms. The van der Waals surface area contributed by atoms with E-state index in [0.717, 1.165) is 11.3 Å². The Balaban J connectivity index is 1.81. The van der Waals surface area contributed by atoms with Crippen molar-refractivity contribution in [2.45, 2.75) is 46.4 Å². The molecule has 6 heteroatoms. The number of morpholine rings is 1. The molecule has 0 saturated carbocycles. The predicted octanol–water partition coefficient (Wildman–Crippen LogP) is 2.48. The van der Waals surface area contributed by atoms with Crippen LogP contribution in [0.4, 0.5) is 0 Å². The topological polar surface area (TPSA) is 64.4 Å². The number of carbonyl (C=O) groups excluding carboxylic acids is 1. The summed E-state index contributed by atoms with van der Waals surface area (Å²) in [6.45, 7) is 8.82. The zero-order chi connectivity index (χ0) is 19.6. The molecule has 1 aromatic heterocycles. The van der Waals surface area contributed by atoms with Crippen LogP contribution in [0.3, 0.4) is 0 Å². The molecule has 1 aliphatic heterocycles. The van der Waals surface area contributed by atoms with E-state index < -0.39 is 0 Å². The van der Waals surface area contributed by atoms with Crippen LogP contribution in [0.15, 0.2) is 41.2 Å². The average Bonchev–Trinajstić information content (AvgIpc) is 2.64. The summed E-state index contributed by atoms with van der Waals surface area (Å²) in [7, 11) is 0. The second-order valence-electron chi connectivity index (χ2n) is 7.52. The number of hydrogen-bond donors (Lipinski definition) is 0. The maximum Gasteiger partial charge on any atom is 0.348 e. The van der Waals surface area contributed by atoms with E-state index in [2.05, 4.69) is 18.8 Å². The summed E-state index contributed by atoms with van der Waals surface area (Å²) in [5.41, 5.74) is 2.09. The summed E-state index contributed by atoms with van der Waals surface area (Å²) in [4.78, 5) is 30.9. The molecule has 27 heavy (non-hydrogen) atoms. The van der Waals surface area contributed by atoms with Gasteiger partial charge in [-0.25, -0.2) is 4.79 Å². The van der Waals surface area contributed by atoms with Gasteiger partial charge in [-0.1, -0.05) is 44.2 Å². The van der Waals surface area contributed by atoms with Gasteiger partial charge in [-0.2, -0.15) is 4.98 Å². The van der Waals surface area contributed by atoms with Crippen LogP contribution < -0.4 is 5.69 Å². The lowest BCUT2D eigenvalue weighted by Gasteiger charge is -2.40. The van der Waals surface area contributed by atoms with Gasteiger partial charge in [0.15, 0.2) is 0 Å². The van der Waals surface area contributed by atoms with Crippen LogP contribution in [-0.4, -0.2) is 39.6 Å². The first-order valence-corrected chi connectivity index (χ1v) is 9.38. The van der Waals surface area contributed by atoms with Crippen LogP contribution in [0.2, 0.25) is 0 Å². The highest BCUT2D eigenvalue weighted by atomic mass is 16.5. The normalized spacial score (nSPS) is 20.1. The van der Waals surface area contributed by atoms with Crippen molar-refractivity contribution in [2.24, 2.45) is 5.92 Å². The number of rotatable bonds is 4. The van der Waals surface area contributed by atoms with Gasteiger partial charge in [0, 0.05) is 17.9 Å². The van der Waals surface area contributed by atoms with Crippen LogP contribution in [0, 0.1) is 19.8 Å². The number of nitrogens with zero attached hydrogens (tertiary/aromatic N) is 3. The third-order valence-corrected chi connectivity index (χ3v) is 5.03. The van der Waals surface area contributed by atoms with Gasteiger partial charge in [0.1, 0.15) is 12.6 Å². The largest absolute Gasteiger partial charge is 0.366 e. The molecule has 2 aromatic rings. The summed E-state index contributed by atoms with van der Waals surface area (Å²) in [6.07, 6.45) is -0.202. The van der Waals surface area contributed by atoms with Crippen molar-refractivity contribution in [1.82, 2.24) is 14.5 Å². The van der Waals surface area contributed by atoms with Crippen molar-refractivity contribution in [3.05, 3.63) is 63.8 Å². The van der Waals surface area contributed by atoms with Gasteiger partial charge < -0.3 is 9.64 Å². The first-order chi connectivity index (χ1) is 12.8. The van der Waals surface area contributed by atoms with E-state index in [0.29, 0.717) is 18.8 Å². The molecule has 2 heterocycles. The Bertz CT molecular complexity index is 861. The summed E-state index contributed by atoms with van der Waals surface area (Å²) in [5, 5.41) is 0. The van der Waals surface area contributed by atoms with Crippen LogP contribution in [0.5, 0.6) is 0 Å². The maximum atomic E-state index is 13.0. The second-order valence-corrected chi connectivity index (χ2v) is 7.52. The number of hydrogen-bond acceptors (Lipinski definition) is 4. The number of aromatic nitrogens is 2. The van der Waals surface area contributed by atoms with Gasteiger partial charge in [0.05, 0.1) is 12.6 Å². The van der Waals surface area contributed by atoms with E-state index in [1.165, 1.54) is 4.57 Å². The average molecular weight is 369 g/mol. The van der Waals surface area contributed by atoms with Gasteiger partial charge in [-0.05, 0) is 31.4 Å². The summed E-state index contributed by atoms with van der Waals surface area (Å²) < 4.78 is 7.69. The van der Waals surface area contributed by atoms with Crippen molar-refractivity contribution in [2.75, 3.05) is 13.1 Å². The number of ether oxygens (including phenoxy) is 1. The van der Waals surface area contributed by atoms with E-state index in [1.807, 2.05) is 48.2 Å². The molecule has 0 N–H and O–H groups in total. The van der Waals surface area contributed by atoms with Crippen LogP contribution >= 0.6 is 0 Å². The number of benzene rings is 1. The molecule has 0 aliphatic carbocycles. The monoisotopic (exact) mass is 369 g/mol. The smallest absolute Gasteiger partial charge is 0.348 e. The van der Waals surface area contributed by atoms with Gasteiger partial charge in [-0.15, -0.1) is 0 Å². The molecule has 2 atom stereocenters. The summed E-state index contributed by atoms with van der Waals surface area (Å²) >= 11 is 0. The predicted molar refractivity (Wildman–Crippen MR) is 103 cm³/mol. The Hall–Kier alpha value is -2.47. The minimum absolute atomic E-state index is 0.00424. The Kier molecular flexibility index (Phi) is 5.75. The third-order valence-electron chi connectivity index (χ3n) is 5.03. The minimum atomic E-state index is -0.380. The zero-order valence-electron chi connectivity index (χ0n) is 16.4. The molecule has 0 bridgehead atoms. The highest BCUT2D eigenvalue weighted by Crippen LogP contribution is 2.28. The van der Waals surface area contributed by atoms with E-state index in [1.54, 1.807) is 6.92 Å². The van der Waals surface area contributed by atoms with Crippen LogP contribution in [0.25, 0.3) is 0 Å². The SMILES string of the molecule is Cc1cc(C)n(CC(=O)N2C[C@@H](c3ccccc3)O[C@@H](C(C)C)C2)c(=O)n1. The molecule has 0 unspecified atom stereocenters. The lowest BCUT2D eigenvalue weighted by Crippen LogP contribution is -2.50. The first-order valence-electron chi connectivity index (χ1n) is 9.38. The highest BCUT2D eigenvalue weighted by molar-refractivity contribution is 5.76. The van der Waals surface area contributed by atoms with Crippen molar-refractivity contribution >= 4 is 5.91 Å². The van der Waals surface area contributed by atoms with Gasteiger partial charge in [-0.3, -0.25) is 9.36 Å².